The van der Waals surface area contributed by atoms with Crippen LogP contribution in [0.15, 0.2) is 31.0 Å². The SMILES string of the molecule is Cc1cn(-c2c(C)c(C)cn2-n2cc(C)c(C)c2)cc1C. The van der Waals surface area contributed by atoms with Crippen molar-refractivity contribution in [1.82, 2.24) is 13.9 Å². The lowest BCUT2D eigenvalue weighted by atomic mass is 10.2. The third-order valence-electron chi connectivity index (χ3n) is 4.51. The fourth-order valence-corrected chi connectivity index (χ4v) is 2.72. The molecule has 0 aliphatic carbocycles. The lowest BCUT2D eigenvalue weighted by Crippen LogP contribution is -2.11. The van der Waals surface area contributed by atoms with Crippen molar-refractivity contribution in [2.75, 3.05) is 0 Å². The molecule has 110 valence electrons. The lowest BCUT2D eigenvalue weighted by Gasteiger charge is -2.12. The van der Waals surface area contributed by atoms with E-state index in [4.69, 9.17) is 0 Å². The van der Waals surface area contributed by atoms with Crippen LogP contribution in [0.3, 0.4) is 0 Å². The van der Waals surface area contributed by atoms with Crippen molar-refractivity contribution < 1.29 is 0 Å². The zero-order chi connectivity index (χ0) is 15.3. The van der Waals surface area contributed by atoms with Gasteiger partial charge in [0.05, 0.1) is 0 Å². The Bertz CT molecular complexity index is 773. The molecule has 0 saturated heterocycles. The molecule has 0 N–H and O–H groups in total. The van der Waals surface area contributed by atoms with Crippen molar-refractivity contribution in [2.24, 2.45) is 0 Å². The fraction of sp³-hybridized carbons (Fsp3) is 0.333. The van der Waals surface area contributed by atoms with Crippen LogP contribution in [-0.2, 0) is 0 Å². The van der Waals surface area contributed by atoms with Gasteiger partial charge in [-0.2, -0.15) is 0 Å². The maximum absolute atomic E-state index is 2.23. The van der Waals surface area contributed by atoms with E-state index in [1.54, 1.807) is 0 Å². The van der Waals surface area contributed by atoms with Crippen molar-refractivity contribution >= 4 is 0 Å². The first-order valence-electron chi connectivity index (χ1n) is 7.38. The second-order valence-electron chi connectivity index (χ2n) is 6.14. The quantitative estimate of drug-likeness (QED) is 0.667. The van der Waals surface area contributed by atoms with E-state index in [0.717, 1.165) is 0 Å². The maximum atomic E-state index is 2.23. The zero-order valence-electron chi connectivity index (χ0n) is 13.7. The Morgan fingerprint density at radius 3 is 1.57 bits per heavy atom. The molecule has 0 fully saturated rings. The number of hydrogen-bond donors (Lipinski definition) is 0. The molecule has 3 heterocycles. The number of aryl methyl sites for hydroxylation is 5. The van der Waals surface area contributed by atoms with Crippen LogP contribution < -0.4 is 0 Å². The average molecular weight is 281 g/mol. The summed E-state index contributed by atoms with van der Waals surface area (Å²) in [6.07, 6.45) is 11.0. The summed E-state index contributed by atoms with van der Waals surface area (Å²) >= 11 is 0. The highest BCUT2D eigenvalue weighted by atomic mass is 15.5. The predicted octanol–water partition coefficient (Wildman–Crippen LogP) is 4.24. The van der Waals surface area contributed by atoms with Gasteiger partial charge < -0.3 is 4.57 Å². The average Bonchev–Trinajstić information content (AvgIpc) is 3.01. The first-order valence-corrected chi connectivity index (χ1v) is 7.38. The van der Waals surface area contributed by atoms with E-state index in [0.29, 0.717) is 0 Å². The molecule has 3 aromatic heterocycles. The summed E-state index contributed by atoms with van der Waals surface area (Å²) in [5.41, 5.74) is 7.88. The van der Waals surface area contributed by atoms with E-state index in [9.17, 15) is 0 Å². The molecule has 0 amide bonds. The van der Waals surface area contributed by atoms with E-state index in [2.05, 4.69) is 86.4 Å². The van der Waals surface area contributed by atoms with E-state index in [1.165, 1.54) is 39.2 Å². The molecule has 0 spiro atoms. The van der Waals surface area contributed by atoms with Crippen LogP contribution in [0, 0.1) is 41.5 Å². The monoisotopic (exact) mass is 281 g/mol. The van der Waals surface area contributed by atoms with Gasteiger partial charge in [0.15, 0.2) is 0 Å². The van der Waals surface area contributed by atoms with Gasteiger partial charge in [-0.15, -0.1) is 0 Å². The zero-order valence-corrected chi connectivity index (χ0v) is 13.7. The summed E-state index contributed by atoms with van der Waals surface area (Å²) in [4.78, 5) is 0. The molecule has 0 aliphatic rings. The maximum Gasteiger partial charge on any atom is 0.139 e. The van der Waals surface area contributed by atoms with E-state index >= 15 is 0 Å². The summed E-state index contributed by atoms with van der Waals surface area (Å²) in [5.74, 6) is 1.21. The number of rotatable bonds is 2. The Labute approximate surface area is 126 Å². The molecule has 0 saturated carbocycles. The normalized spacial score (nSPS) is 11.3. The van der Waals surface area contributed by atoms with Gasteiger partial charge in [-0.25, -0.2) is 4.68 Å². The van der Waals surface area contributed by atoms with Gasteiger partial charge in [-0.1, -0.05) is 0 Å². The summed E-state index contributed by atoms with van der Waals surface area (Å²) in [6, 6.07) is 0. The molecular weight excluding hydrogens is 258 g/mol. The molecule has 0 unspecified atom stereocenters. The Kier molecular flexibility index (Phi) is 3.08. The van der Waals surface area contributed by atoms with Crippen LogP contribution >= 0.6 is 0 Å². The van der Waals surface area contributed by atoms with Crippen molar-refractivity contribution in [2.45, 2.75) is 41.5 Å². The minimum atomic E-state index is 1.21. The molecule has 0 radical (unpaired) electrons. The van der Waals surface area contributed by atoms with E-state index < -0.39 is 0 Å². The van der Waals surface area contributed by atoms with E-state index in [1.807, 2.05) is 0 Å². The minimum absolute atomic E-state index is 1.21. The van der Waals surface area contributed by atoms with Crippen LogP contribution in [-0.4, -0.2) is 13.9 Å². The fourth-order valence-electron chi connectivity index (χ4n) is 2.72. The Hall–Kier alpha value is -2.16. The standard InChI is InChI=1S/C18H23N3/c1-12-7-19(8-13(12)2)18-17(6)16(5)11-21(18)20-9-14(3)15(4)10-20/h7-11H,1-6H3. The van der Waals surface area contributed by atoms with Gasteiger partial charge in [0, 0.05) is 31.0 Å². The summed E-state index contributed by atoms with van der Waals surface area (Å²) < 4.78 is 6.63. The molecule has 3 rings (SSSR count). The predicted molar refractivity (Wildman–Crippen MR) is 87.4 cm³/mol. The summed E-state index contributed by atoms with van der Waals surface area (Å²) in [7, 11) is 0. The van der Waals surface area contributed by atoms with Crippen LogP contribution in [0.1, 0.15) is 33.4 Å². The molecule has 3 aromatic rings. The molecule has 21 heavy (non-hydrogen) atoms. The molecule has 0 aliphatic heterocycles. The molecule has 3 nitrogen and oxygen atoms in total. The first kappa shape index (κ1) is 13.8. The van der Waals surface area contributed by atoms with Crippen LogP contribution in [0.5, 0.6) is 0 Å². The smallest absolute Gasteiger partial charge is 0.139 e. The lowest BCUT2D eigenvalue weighted by molar-refractivity contribution is 0.641. The van der Waals surface area contributed by atoms with Crippen molar-refractivity contribution in [3.63, 3.8) is 0 Å². The number of hydrogen-bond acceptors (Lipinski definition) is 0. The Morgan fingerprint density at radius 2 is 1.05 bits per heavy atom. The third-order valence-corrected chi connectivity index (χ3v) is 4.51. The molecular formula is C18H23N3. The van der Waals surface area contributed by atoms with Crippen LogP contribution in [0.2, 0.25) is 0 Å². The van der Waals surface area contributed by atoms with Crippen molar-refractivity contribution in [3.8, 4) is 5.82 Å². The third kappa shape index (κ3) is 2.13. The highest BCUT2D eigenvalue weighted by molar-refractivity contribution is 5.44. The number of aromatic nitrogens is 3. The summed E-state index contributed by atoms with van der Waals surface area (Å²) in [5, 5.41) is 0. The van der Waals surface area contributed by atoms with Gasteiger partial charge in [-0.05, 0) is 74.9 Å². The second-order valence-corrected chi connectivity index (χ2v) is 6.14. The summed E-state index contributed by atoms with van der Waals surface area (Å²) in [6.45, 7) is 13.0. The largest absolute Gasteiger partial charge is 0.308 e. The van der Waals surface area contributed by atoms with E-state index in [-0.39, 0.29) is 0 Å². The van der Waals surface area contributed by atoms with Gasteiger partial charge in [0.2, 0.25) is 0 Å². The molecule has 0 atom stereocenters. The second kappa shape index (κ2) is 4.69. The van der Waals surface area contributed by atoms with Gasteiger partial charge in [0.1, 0.15) is 5.82 Å². The Morgan fingerprint density at radius 1 is 0.571 bits per heavy atom. The van der Waals surface area contributed by atoms with Crippen LogP contribution in [0.4, 0.5) is 0 Å². The number of nitrogens with zero attached hydrogens (tertiary/aromatic N) is 3. The van der Waals surface area contributed by atoms with Gasteiger partial charge in [-0.3, -0.25) is 4.68 Å². The Balaban J connectivity index is 2.24. The van der Waals surface area contributed by atoms with Gasteiger partial charge >= 0.3 is 0 Å². The molecule has 3 heteroatoms. The topological polar surface area (TPSA) is 14.8 Å². The molecule has 0 bridgehead atoms. The highest BCUT2D eigenvalue weighted by Gasteiger charge is 2.14. The van der Waals surface area contributed by atoms with Crippen LogP contribution in [0.25, 0.3) is 5.82 Å². The minimum Gasteiger partial charge on any atom is -0.308 e. The molecule has 0 aromatic carbocycles. The van der Waals surface area contributed by atoms with Crippen molar-refractivity contribution in [3.05, 3.63) is 64.4 Å². The van der Waals surface area contributed by atoms with Crippen molar-refractivity contribution in [1.29, 1.82) is 0 Å². The highest BCUT2D eigenvalue weighted by Crippen LogP contribution is 2.23. The first-order chi connectivity index (χ1) is 9.88. The van der Waals surface area contributed by atoms with Gasteiger partial charge in [0.25, 0.3) is 0 Å².